The zero-order valence-electron chi connectivity index (χ0n) is 12.1. The minimum Gasteiger partial charge on any atom is -0.398 e. The largest absolute Gasteiger partial charge is 0.398 e. The molecule has 0 radical (unpaired) electrons. The van der Waals surface area contributed by atoms with E-state index < -0.39 is 0 Å². The van der Waals surface area contributed by atoms with Crippen molar-refractivity contribution in [3.05, 3.63) is 53.1 Å². The third kappa shape index (κ3) is 3.26. The monoisotopic (exact) mass is 288 g/mol. The van der Waals surface area contributed by atoms with E-state index in [1.54, 1.807) is 0 Å². The number of hydrogen-bond donors (Lipinski definition) is 1. The number of benzene rings is 2. The Labute approximate surface area is 126 Å². The Morgan fingerprint density at radius 3 is 2.50 bits per heavy atom. The summed E-state index contributed by atoms with van der Waals surface area (Å²) in [6.45, 7) is 5.25. The van der Waals surface area contributed by atoms with Gasteiger partial charge in [-0.1, -0.05) is 43.1 Å². The molecular weight excluding hydrogens is 268 g/mol. The molecule has 2 nitrogen and oxygen atoms in total. The fourth-order valence-corrected chi connectivity index (χ4v) is 2.45. The van der Waals surface area contributed by atoms with Crippen LogP contribution in [0.3, 0.4) is 0 Å². The third-order valence-corrected chi connectivity index (χ3v) is 3.74. The molecule has 0 atom stereocenters. The first kappa shape index (κ1) is 14.7. The highest BCUT2D eigenvalue weighted by atomic mass is 35.5. The van der Waals surface area contributed by atoms with Crippen molar-refractivity contribution >= 4 is 28.7 Å². The van der Waals surface area contributed by atoms with Crippen LogP contribution < -0.4 is 10.6 Å². The van der Waals surface area contributed by atoms with Gasteiger partial charge in [-0.3, -0.25) is 0 Å². The van der Waals surface area contributed by atoms with E-state index >= 15 is 0 Å². The van der Waals surface area contributed by atoms with E-state index in [1.807, 2.05) is 18.2 Å². The van der Waals surface area contributed by atoms with E-state index in [1.165, 1.54) is 5.69 Å². The van der Waals surface area contributed by atoms with Crippen LogP contribution in [0.1, 0.15) is 25.3 Å². The quantitative estimate of drug-likeness (QED) is 0.769. The fourth-order valence-electron chi connectivity index (χ4n) is 2.30. The number of aryl methyl sites for hydroxylation is 1. The van der Waals surface area contributed by atoms with E-state index in [0.717, 1.165) is 30.6 Å². The molecule has 20 heavy (non-hydrogen) atoms. The van der Waals surface area contributed by atoms with Crippen molar-refractivity contribution in [1.29, 1.82) is 0 Å². The molecule has 0 aliphatic heterocycles. The van der Waals surface area contributed by atoms with E-state index in [2.05, 4.69) is 43.0 Å². The molecule has 0 amide bonds. The van der Waals surface area contributed by atoms with Gasteiger partial charge in [0.15, 0.2) is 0 Å². The number of rotatable bonds is 5. The summed E-state index contributed by atoms with van der Waals surface area (Å²) in [4.78, 5) is 2.31. The Balaban J connectivity index is 2.44. The van der Waals surface area contributed by atoms with Crippen LogP contribution in [-0.2, 0) is 0 Å². The lowest BCUT2D eigenvalue weighted by Gasteiger charge is -2.27. The van der Waals surface area contributed by atoms with Gasteiger partial charge < -0.3 is 10.6 Å². The molecule has 2 rings (SSSR count). The summed E-state index contributed by atoms with van der Waals surface area (Å²) in [7, 11) is 0. The zero-order valence-corrected chi connectivity index (χ0v) is 12.8. The Bertz CT molecular complexity index is 567. The molecule has 0 bridgehead atoms. The average molecular weight is 289 g/mol. The molecule has 0 aliphatic carbocycles. The van der Waals surface area contributed by atoms with E-state index in [4.69, 9.17) is 17.3 Å². The van der Waals surface area contributed by atoms with Gasteiger partial charge in [0, 0.05) is 17.9 Å². The van der Waals surface area contributed by atoms with Gasteiger partial charge in [-0.15, -0.1) is 0 Å². The lowest BCUT2D eigenvalue weighted by molar-refractivity contribution is 0.784. The van der Waals surface area contributed by atoms with Crippen LogP contribution >= 0.6 is 11.6 Å². The lowest BCUT2D eigenvalue weighted by Crippen LogP contribution is -2.19. The number of nitrogen functional groups attached to an aromatic ring is 1. The Kier molecular flexibility index (Phi) is 4.91. The molecule has 0 aliphatic rings. The van der Waals surface area contributed by atoms with Crippen molar-refractivity contribution in [3.63, 3.8) is 0 Å². The highest BCUT2D eigenvalue weighted by molar-refractivity contribution is 6.33. The second kappa shape index (κ2) is 6.67. The molecule has 0 unspecified atom stereocenters. The standard InChI is InChI=1S/C17H21ClN2/c1-3-4-10-20(14-8-6-5-7-9-14)17-12-15(18)16(19)11-13(17)2/h5-9,11-12H,3-4,10,19H2,1-2H3. The van der Waals surface area contributed by atoms with Crippen molar-refractivity contribution in [2.24, 2.45) is 0 Å². The Morgan fingerprint density at radius 2 is 1.85 bits per heavy atom. The molecule has 0 fully saturated rings. The first-order valence-electron chi connectivity index (χ1n) is 7.01. The number of hydrogen-bond acceptors (Lipinski definition) is 2. The van der Waals surface area contributed by atoms with Gasteiger partial charge in [-0.05, 0) is 43.2 Å². The molecule has 0 saturated carbocycles. The first-order valence-corrected chi connectivity index (χ1v) is 7.39. The van der Waals surface area contributed by atoms with Crippen molar-refractivity contribution < 1.29 is 0 Å². The summed E-state index contributed by atoms with van der Waals surface area (Å²) in [6, 6.07) is 14.3. The van der Waals surface area contributed by atoms with Crippen LogP contribution in [0.2, 0.25) is 5.02 Å². The topological polar surface area (TPSA) is 29.3 Å². The van der Waals surface area contributed by atoms with Gasteiger partial charge in [0.05, 0.1) is 10.7 Å². The molecule has 2 N–H and O–H groups in total. The molecular formula is C17H21ClN2. The highest BCUT2D eigenvalue weighted by Crippen LogP contribution is 2.33. The van der Waals surface area contributed by atoms with E-state index in [-0.39, 0.29) is 0 Å². The van der Waals surface area contributed by atoms with Gasteiger partial charge >= 0.3 is 0 Å². The number of anilines is 3. The van der Waals surface area contributed by atoms with Crippen molar-refractivity contribution in [2.75, 3.05) is 17.2 Å². The summed E-state index contributed by atoms with van der Waals surface area (Å²) in [5, 5.41) is 0.614. The van der Waals surface area contributed by atoms with Gasteiger partial charge in [-0.25, -0.2) is 0 Å². The van der Waals surface area contributed by atoms with Crippen molar-refractivity contribution in [2.45, 2.75) is 26.7 Å². The second-order valence-electron chi connectivity index (χ2n) is 5.00. The van der Waals surface area contributed by atoms with Crippen LogP contribution in [0, 0.1) is 6.92 Å². The summed E-state index contributed by atoms with van der Waals surface area (Å²) >= 11 is 6.20. The molecule has 0 saturated heterocycles. The number of nitrogens with zero attached hydrogens (tertiary/aromatic N) is 1. The normalized spacial score (nSPS) is 10.6. The van der Waals surface area contributed by atoms with Gasteiger partial charge in [0.2, 0.25) is 0 Å². The predicted molar refractivity (Wildman–Crippen MR) is 89.0 cm³/mol. The number of halogens is 1. The third-order valence-electron chi connectivity index (χ3n) is 3.41. The molecule has 106 valence electrons. The molecule has 2 aromatic carbocycles. The molecule has 0 heterocycles. The Hall–Kier alpha value is -1.67. The molecule has 0 spiro atoms. The van der Waals surface area contributed by atoms with E-state index in [9.17, 15) is 0 Å². The highest BCUT2D eigenvalue weighted by Gasteiger charge is 2.13. The van der Waals surface area contributed by atoms with Gasteiger partial charge in [0.25, 0.3) is 0 Å². The number of para-hydroxylation sites is 1. The fraction of sp³-hybridized carbons (Fsp3) is 0.294. The smallest absolute Gasteiger partial charge is 0.0656 e. The molecule has 0 aromatic heterocycles. The molecule has 2 aromatic rings. The first-order chi connectivity index (χ1) is 9.63. The minimum atomic E-state index is 0.614. The summed E-state index contributed by atoms with van der Waals surface area (Å²) in [5.74, 6) is 0. The van der Waals surface area contributed by atoms with Crippen molar-refractivity contribution in [1.82, 2.24) is 0 Å². The summed E-state index contributed by atoms with van der Waals surface area (Å²) < 4.78 is 0. The van der Waals surface area contributed by atoms with Gasteiger partial charge in [0.1, 0.15) is 0 Å². The van der Waals surface area contributed by atoms with Crippen LogP contribution in [0.15, 0.2) is 42.5 Å². The van der Waals surface area contributed by atoms with Crippen LogP contribution in [-0.4, -0.2) is 6.54 Å². The maximum Gasteiger partial charge on any atom is 0.0656 e. The van der Waals surface area contributed by atoms with Crippen LogP contribution in [0.25, 0.3) is 0 Å². The second-order valence-corrected chi connectivity index (χ2v) is 5.41. The maximum absolute atomic E-state index is 6.20. The summed E-state index contributed by atoms with van der Waals surface area (Å²) in [6.07, 6.45) is 2.29. The minimum absolute atomic E-state index is 0.614. The number of nitrogens with two attached hydrogens (primary N) is 1. The Morgan fingerprint density at radius 1 is 1.15 bits per heavy atom. The molecule has 3 heteroatoms. The average Bonchev–Trinajstić information content (AvgIpc) is 2.45. The van der Waals surface area contributed by atoms with Crippen molar-refractivity contribution in [3.8, 4) is 0 Å². The SMILES string of the molecule is CCCCN(c1ccccc1)c1cc(Cl)c(N)cc1C. The lowest BCUT2D eigenvalue weighted by atomic mass is 10.1. The summed E-state index contributed by atoms with van der Waals surface area (Å²) in [5.41, 5.74) is 9.97. The van der Waals surface area contributed by atoms with Gasteiger partial charge in [-0.2, -0.15) is 0 Å². The predicted octanol–water partition coefficient (Wildman–Crippen LogP) is 5.17. The zero-order chi connectivity index (χ0) is 14.5. The van der Waals surface area contributed by atoms with Crippen LogP contribution in [0.4, 0.5) is 17.1 Å². The number of unbranched alkanes of at least 4 members (excludes halogenated alkanes) is 1. The van der Waals surface area contributed by atoms with E-state index in [0.29, 0.717) is 10.7 Å². The maximum atomic E-state index is 6.20. The van der Waals surface area contributed by atoms with Crippen LogP contribution in [0.5, 0.6) is 0 Å².